The van der Waals surface area contributed by atoms with Crippen molar-refractivity contribution < 1.29 is 0 Å². The fraction of sp³-hybridized carbons (Fsp3) is 0.400. The Morgan fingerprint density at radius 2 is 2.09 bits per heavy atom. The number of likely N-dealkylation sites (tertiary alicyclic amines) is 1. The maximum Gasteiger partial charge on any atom is 0.165 e. The molecule has 4 rings (SSSR count). The molecule has 1 aliphatic heterocycles. The molecule has 0 aliphatic carbocycles. The number of nitrogens with one attached hydrogen (secondary N) is 1. The van der Waals surface area contributed by atoms with E-state index in [0.29, 0.717) is 0 Å². The van der Waals surface area contributed by atoms with Crippen molar-refractivity contribution >= 4 is 26.8 Å². The zero-order valence-corrected chi connectivity index (χ0v) is 14.0. The van der Waals surface area contributed by atoms with Gasteiger partial charge in [0.1, 0.15) is 4.60 Å². The van der Waals surface area contributed by atoms with Crippen LogP contribution in [0.4, 0.5) is 0 Å². The van der Waals surface area contributed by atoms with Gasteiger partial charge in [0, 0.05) is 18.0 Å². The van der Waals surface area contributed by atoms with Crippen LogP contribution in [-0.4, -0.2) is 43.0 Å². The van der Waals surface area contributed by atoms with Crippen molar-refractivity contribution in [2.24, 2.45) is 7.05 Å². The molecular weight excluding hydrogens is 344 g/mol. The summed E-state index contributed by atoms with van der Waals surface area (Å²) in [7, 11) is 1.94. The number of aromatic nitrogens is 5. The van der Waals surface area contributed by atoms with Crippen molar-refractivity contribution in [1.82, 2.24) is 29.9 Å². The predicted molar refractivity (Wildman–Crippen MR) is 88.3 cm³/mol. The molecule has 3 aromatic rings. The molecule has 0 radical (unpaired) electrons. The molecule has 0 atom stereocenters. The van der Waals surface area contributed by atoms with E-state index < -0.39 is 0 Å². The molecule has 1 N–H and O–H groups in total. The van der Waals surface area contributed by atoms with Crippen molar-refractivity contribution in [1.29, 1.82) is 0 Å². The summed E-state index contributed by atoms with van der Waals surface area (Å²) in [5, 5.41) is 12.9. The molecule has 1 aromatic carbocycles. The number of hydrogen-bond acceptors (Lipinski definition) is 4. The minimum absolute atomic E-state index is 0.812. The number of nitrogens with zero attached hydrogens (tertiary/aromatic N) is 5. The highest BCUT2D eigenvalue weighted by Crippen LogP contribution is 2.27. The topological polar surface area (TPSA) is 62.6 Å². The number of halogens is 1. The average Bonchev–Trinajstić information content (AvgIpc) is 3.23. The number of benzene rings is 1. The molecule has 0 unspecified atom stereocenters. The van der Waals surface area contributed by atoms with Crippen LogP contribution in [0, 0.1) is 0 Å². The van der Waals surface area contributed by atoms with Crippen LogP contribution in [0.25, 0.3) is 22.3 Å². The first-order valence-electron chi connectivity index (χ1n) is 7.47. The smallest absolute Gasteiger partial charge is 0.165 e. The lowest BCUT2D eigenvalue weighted by Gasteiger charge is -2.10. The number of rotatable bonds is 3. The molecule has 0 saturated carbocycles. The predicted octanol–water partition coefficient (Wildman–Crippen LogP) is 2.72. The van der Waals surface area contributed by atoms with Crippen LogP contribution in [0.1, 0.15) is 18.7 Å². The summed E-state index contributed by atoms with van der Waals surface area (Å²) >= 11 is 3.50. The average molecular weight is 361 g/mol. The minimum Gasteiger partial charge on any atom is -0.296 e. The van der Waals surface area contributed by atoms with Crippen LogP contribution >= 0.6 is 15.9 Å². The van der Waals surface area contributed by atoms with E-state index in [1.807, 2.05) is 11.7 Å². The summed E-state index contributed by atoms with van der Waals surface area (Å²) in [6.07, 6.45) is 2.56. The van der Waals surface area contributed by atoms with Crippen LogP contribution < -0.4 is 0 Å². The van der Waals surface area contributed by atoms with E-state index in [1.54, 1.807) is 0 Å². The van der Waals surface area contributed by atoms with Gasteiger partial charge >= 0.3 is 0 Å². The summed E-state index contributed by atoms with van der Waals surface area (Å²) < 4.78 is 2.71. The molecule has 22 heavy (non-hydrogen) atoms. The van der Waals surface area contributed by atoms with E-state index in [1.165, 1.54) is 12.8 Å². The van der Waals surface area contributed by atoms with E-state index >= 15 is 0 Å². The van der Waals surface area contributed by atoms with Crippen molar-refractivity contribution in [3.05, 3.63) is 28.6 Å². The third-order valence-corrected chi connectivity index (χ3v) is 4.76. The first-order chi connectivity index (χ1) is 10.7. The highest BCUT2D eigenvalue weighted by Gasteiger charge is 2.15. The van der Waals surface area contributed by atoms with Gasteiger partial charge in [0.05, 0.1) is 12.1 Å². The first kappa shape index (κ1) is 13.9. The van der Waals surface area contributed by atoms with Gasteiger partial charge in [-0.25, -0.2) is 4.98 Å². The summed E-state index contributed by atoms with van der Waals surface area (Å²) in [4.78, 5) is 7.03. The van der Waals surface area contributed by atoms with Gasteiger partial charge in [-0.1, -0.05) is 0 Å². The number of H-pyrrole nitrogens is 1. The Labute approximate surface area is 136 Å². The third kappa shape index (κ3) is 2.44. The normalized spacial score (nSPS) is 15.9. The van der Waals surface area contributed by atoms with E-state index in [0.717, 1.165) is 52.4 Å². The van der Waals surface area contributed by atoms with E-state index in [9.17, 15) is 0 Å². The van der Waals surface area contributed by atoms with Crippen LogP contribution in [0.3, 0.4) is 0 Å². The number of hydrogen-bond donors (Lipinski definition) is 1. The van der Waals surface area contributed by atoms with Gasteiger partial charge < -0.3 is 0 Å². The Bertz CT molecular complexity index is 815. The molecule has 2 aromatic heterocycles. The van der Waals surface area contributed by atoms with Gasteiger partial charge in [-0.15, -0.1) is 0 Å². The molecule has 1 saturated heterocycles. The van der Waals surface area contributed by atoms with Crippen molar-refractivity contribution in [2.75, 3.05) is 13.1 Å². The van der Waals surface area contributed by atoms with Crippen LogP contribution in [0.15, 0.2) is 22.8 Å². The molecule has 0 bridgehead atoms. The molecular formula is C15H17BrN6. The van der Waals surface area contributed by atoms with Gasteiger partial charge in [-0.2, -0.15) is 10.2 Å². The molecule has 3 heterocycles. The second-order valence-electron chi connectivity index (χ2n) is 5.73. The second-order valence-corrected chi connectivity index (χ2v) is 6.48. The summed E-state index contributed by atoms with van der Waals surface area (Å²) in [6, 6.07) is 6.20. The van der Waals surface area contributed by atoms with Gasteiger partial charge in [0.25, 0.3) is 0 Å². The zero-order valence-electron chi connectivity index (χ0n) is 12.4. The molecule has 1 fully saturated rings. The Kier molecular flexibility index (Phi) is 3.46. The lowest BCUT2D eigenvalue weighted by Crippen LogP contribution is -2.19. The number of fused-ring (bicyclic) bond motifs is 1. The van der Waals surface area contributed by atoms with E-state index in [2.05, 4.69) is 59.3 Å². The molecule has 0 amide bonds. The maximum atomic E-state index is 4.64. The first-order valence-corrected chi connectivity index (χ1v) is 8.26. The quantitative estimate of drug-likeness (QED) is 0.779. The fourth-order valence-electron chi connectivity index (χ4n) is 3.01. The van der Waals surface area contributed by atoms with Crippen LogP contribution in [0.5, 0.6) is 0 Å². The van der Waals surface area contributed by atoms with Gasteiger partial charge in [-0.3, -0.25) is 14.7 Å². The molecule has 7 heteroatoms. The summed E-state index contributed by atoms with van der Waals surface area (Å²) in [5.41, 5.74) is 2.12. The van der Waals surface area contributed by atoms with Gasteiger partial charge in [0.15, 0.2) is 11.6 Å². The van der Waals surface area contributed by atoms with Crippen molar-refractivity contribution in [3.8, 4) is 11.4 Å². The monoisotopic (exact) mass is 360 g/mol. The van der Waals surface area contributed by atoms with Crippen LogP contribution in [0.2, 0.25) is 0 Å². The van der Waals surface area contributed by atoms with Gasteiger partial charge in [-0.05, 0) is 60.1 Å². The van der Waals surface area contributed by atoms with Crippen LogP contribution in [-0.2, 0) is 13.6 Å². The third-order valence-electron chi connectivity index (χ3n) is 4.17. The Morgan fingerprint density at radius 1 is 1.27 bits per heavy atom. The summed E-state index contributed by atoms with van der Waals surface area (Å²) in [6.45, 7) is 3.13. The SMILES string of the molecule is Cn1nc(Br)c2cc(-c3nc(CN4CCCC4)n[nH]3)ccc21. The highest BCUT2D eigenvalue weighted by atomic mass is 79.9. The van der Waals surface area contributed by atoms with Gasteiger partial charge in [0.2, 0.25) is 0 Å². The Morgan fingerprint density at radius 3 is 2.91 bits per heavy atom. The number of aryl methyl sites for hydroxylation is 1. The molecule has 1 aliphatic rings. The Balaban J connectivity index is 1.64. The lowest BCUT2D eigenvalue weighted by molar-refractivity contribution is 0.323. The van der Waals surface area contributed by atoms with E-state index in [-0.39, 0.29) is 0 Å². The standard InChI is InChI=1S/C15H17BrN6/c1-21-12-5-4-10(8-11(12)14(16)20-21)15-17-13(18-19-15)9-22-6-2-3-7-22/h4-5,8H,2-3,6-7,9H2,1H3,(H,17,18,19). The molecule has 114 valence electrons. The van der Waals surface area contributed by atoms with E-state index in [4.69, 9.17) is 0 Å². The maximum absolute atomic E-state index is 4.64. The second kappa shape index (κ2) is 5.48. The lowest BCUT2D eigenvalue weighted by atomic mass is 10.1. The zero-order chi connectivity index (χ0) is 15.1. The molecule has 0 spiro atoms. The molecule has 6 nitrogen and oxygen atoms in total. The fourth-order valence-corrected chi connectivity index (χ4v) is 3.56. The van der Waals surface area contributed by atoms with Crippen molar-refractivity contribution in [2.45, 2.75) is 19.4 Å². The highest BCUT2D eigenvalue weighted by molar-refractivity contribution is 9.10. The van der Waals surface area contributed by atoms with Crippen molar-refractivity contribution in [3.63, 3.8) is 0 Å². The Hall–Kier alpha value is -1.73. The minimum atomic E-state index is 0.812. The number of aromatic amines is 1. The summed E-state index contributed by atoms with van der Waals surface area (Å²) in [5.74, 6) is 1.68. The largest absolute Gasteiger partial charge is 0.296 e.